The largest absolute Gasteiger partial charge is 0.392 e. The number of fused-ring (bicyclic) bond motifs is 1. The summed E-state index contributed by atoms with van der Waals surface area (Å²) in [5.41, 5.74) is 0.376. The molecule has 0 aliphatic heterocycles. The Labute approximate surface area is 80.8 Å². The SMILES string of the molecule is CC1(C)C[C@H](O)[C@]2(C)C=CCC[C@H]12. The molecule has 2 aliphatic carbocycles. The Bertz CT molecular complexity index is 242. The first kappa shape index (κ1) is 9.26. The van der Waals surface area contributed by atoms with Crippen molar-refractivity contribution in [1.82, 2.24) is 0 Å². The molecule has 0 bridgehead atoms. The third-order valence-corrected chi connectivity index (χ3v) is 4.23. The average Bonchev–Trinajstić information content (AvgIpc) is 2.20. The molecule has 0 saturated heterocycles. The Morgan fingerprint density at radius 3 is 2.62 bits per heavy atom. The first-order chi connectivity index (χ1) is 5.97. The Morgan fingerprint density at radius 1 is 1.31 bits per heavy atom. The summed E-state index contributed by atoms with van der Waals surface area (Å²) in [6.45, 7) is 6.81. The van der Waals surface area contributed by atoms with Gasteiger partial charge in [0.05, 0.1) is 6.10 Å². The van der Waals surface area contributed by atoms with Gasteiger partial charge in [-0.3, -0.25) is 0 Å². The van der Waals surface area contributed by atoms with Crippen LogP contribution < -0.4 is 0 Å². The molecule has 3 atom stereocenters. The van der Waals surface area contributed by atoms with Crippen molar-refractivity contribution >= 4 is 0 Å². The van der Waals surface area contributed by atoms with E-state index >= 15 is 0 Å². The molecule has 0 spiro atoms. The van der Waals surface area contributed by atoms with Crippen LogP contribution in [0.3, 0.4) is 0 Å². The lowest BCUT2D eigenvalue weighted by atomic mass is 9.66. The number of aliphatic hydroxyl groups is 1. The molecule has 1 saturated carbocycles. The zero-order valence-corrected chi connectivity index (χ0v) is 8.88. The van der Waals surface area contributed by atoms with Crippen molar-refractivity contribution < 1.29 is 5.11 Å². The molecular formula is C12H20O. The fourth-order valence-corrected chi connectivity index (χ4v) is 3.46. The molecule has 1 N–H and O–H groups in total. The van der Waals surface area contributed by atoms with Crippen molar-refractivity contribution in [2.24, 2.45) is 16.7 Å². The minimum Gasteiger partial charge on any atom is -0.392 e. The third-order valence-electron chi connectivity index (χ3n) is 4.23. The van der Waals surface area contributed by atoms with Crippen LogP contribution in [0.4, 0.5) is 0 Å². The van der Waals surface area contributed by atoms with E-state index in [1.807, 2.05) is 0 Å². The van der Waals surface area contributed by atoms with Gasteiger partial charge in [0.1, 0.15) is 0 Å². The maximum absolute atomic E-state index is 10.1. The van der Waals surface area contributed by atoms with E-state index in [-0.39, 0.29) is 11.5 Å². The van der Waals surface area contributed by atoms with E-state index < -0.39 is 0 Å². The smallest absolute Gasteiger partial charge is 0.0636 e. The van der Waals surface area contributed by atoms with Crippen LogP contribution in [0.2, 0.25) is 0 Å². The molecule has 0 heterocycles. The highest BCUT2D eigenvalue weighted by molar-refractivity contribution is 5.16. The van der Waals surface area contributed by atoms with Gasteiger partial charge in [-0.15, -0.1) is 0 Å². The van der Waals surface area contributed by atoms with Gasteiger partial charge in [-0.05, 0) is 30.6 Å². The summed E-state index contributed by atoms with van der Waals surface area (Å²) in [6, 6.07) is 0. The van der Waals surface area contributed by atoms with E-state index in [9.17, 15) is 5.11 Å². The molecule has 0 radical (unpaired) electrons. The van der Waals surface area contributed by atoms with Crippen LogP contribution in [-0.2, 0) is 0 Å². The molecular weight excluding hydrogens is 160 g/mol. The molecule has 13 heavy (non-hydrogen) atoms. The molecule has 1 heteroatoms. The molecule has 2 aliphatic rings. The quantitative estimate of drug-likeness (QED) is 0.568. The molecule has 0 aromatic carbocycles. The van der Waals surface area contributed by atoms with Gasteiger partial charge in [0.2, 0.25) is 0 Å². The van der Waals surface area contributed by atoms with Crippen molar-refractivity contribution in [2.75, 3.05) is 0 Å². The Balaban J connectivity index is 2.38. The summed E-state index contributed by atoms with van der Waals surface area (Å²) in [6.07, 6.45) is 7.75. The van der Waals surface area contributed by atoms with E-state index in [0.29, 0.717) is 11.3 Å². The molecule has 1 nitrogen and oxygen atoms in total. The highest BCUT2D eigenvalue weighted by Crippen LogP contribution is 2.57. The molecule has 1 fully saturated rings. The van der Waals surface area contributed by atoms with Crippen LogP contribution >= 0.6 is 0 Å². The number of rotatable bonds is 0. The molecule has 0 aromatic heterocycles. The lowest BCUT2D eigenvalue weighted by molar-refractivity contribution is 0.0671. The predicted molar refractivity (Wildman–Crippen MR) is 54.4 cm³/mol. The Morgan fingerprint density at radius 2 is 2.00 bits per heavy atom. The first-order valence-corrected chi connectivity index (χ1v) is 5.32. The van der Waals surface area contributed by atoms with E-state index in [1.165, 1.54) is 12.8 Å². The number of hydrogen-bond donors (Lipinski definition) is 1. The normalized spacial score (nSPS) is 47.7. The van der Waals surface area contributed by atoms with Gasteiger partial charge in [-0.1, -0.05) is 32.9 Å². The zero-order chi connectivity index (χ0) is 9.69. The summed E-state index contributed by atoms with van der Waals surface area (Å²) in [4.78, 5) is 0. The first-order valence-electron chi connectivity index (χ1n) is 5.32. The van der Waals surface area contributed by atoms with Crippen LogP contribution in [0.25, 0.3) is 0 Å². The van der Waals surface area contributed by atoms with Crippen molar-refractivity contribution in [3.8, 4) is 0 Å². The molecule has 0 unspecified atom stereocenters. The lowest BCUT2D eigenvalue weighted by Gasteiger charge is -2.39. The van der Waals surface area contributed by atoms with Crippen LogP contribution in [-0.4, -0.2) is 11.2 Å². The topological polar surface area (TPSA) is 20.2 Å². The highest BCUT2D eigenvalue weighted by atomic mass is 16.3. The van der Waals surface area contributed by atoms with Crippen molar-refractivity contribution in [3.05, 3.63) is 12.2 Å². The lowest BCUT2D eigenvalue weighted by Crippen LogP contribution is -2.34. The fourth-order valence-electron chi connectivity index (χ4n) is 3.46. The predicted octanol–water partition coefficient (Wildman–Crippen LogP) is 2.75. The van der Waals surface area contributed by atoms with Crippen LogP contribution in [0.5, 0.6) is 0 Å². The summed E-state index contributed by atoms with van der Waals surface area (Å²) in [5.74, 6) is 0.667. The summed E-state index contributed by atoms with van der Waals surface area (Å²) in [7, 11) is 0. The van der Waals surface area contributed by atoms with Gasteiger partial charge in [0.15, 0.2) is 0 Å². The number of hydrogen-bond acceptors (Lipinski definition) is 1. The number of aliphatic hydroxyl groups excluding tert-OH is 1. The van der Waals surface area contributed by atoms with E-state index in [2.05, 4.69) is 32.9 Å². The van der Waals surface area contributed by atoms with Gasteiger partial charge < -0.3 is 5.11 Å². The van der Waals surface area contributed by atoms with Crippen LogP contribution in [0.1, 0.15) is 40.0 Å². The second-order valence-electron chi connectivity index (χ2n) is 5.61. The molecule has 0 aromatic rings. The van der Waals surface area contributed by atoms with E-state index in [1.54, 1.807) is 0 Å². The monoisotopic (exact) mass is 180 g/mol. The highest BCUT2D eigenvalue weighted by Gasteiger charge is 2.54. The third kappa shape index (κ3) is 1.17. The van der Waals surface area contributed by atoms with Gasteiger partial charge >= 0.3 is 0 Å². The summed E-state index contributed by atoms with van der Waals surface area (Å²) >= 11 is 0. The Kier molecular flexibility index (Phi) is 1.85. The molecule has 74 valence electrons. The minimum absolute atomic E-state index is 0.0573. The van der Waals surface area contributed by atoms with Crippen LogP contribution in [0.15, 0.2) is 12.2 Å². The van der Waals surface area contributed by atoms with Gasteiger partial charge in [0, 0.05) is 5.41 Å². The van der Waals surface area contributed by atoms with Gasteiger partial charge in [-0.2, -0.15) is 0 Å². The Hall–Kier alpha value is -0.300. The molecule has 2 rings (SSSR count). The maximum atomic E-state index is 10.1. The van der Waals surface area contributed by atoms with Gasteiger partial charge in [-0.25, -0.2) is 0 Å². The second kappa shape index (κ2) is 2.60. The average molecular weight is 180 g/mol. The van der Waals surface area contributed by atoms with Crippen molar-refractivity contribution in [1.29, 1.82) is 0 Å². The summed E-state index contributed by atoms with van der Waals surface area (Å²) < 4.78 is 0. The van der Waals surface area contributed by atoms with Crippen molar-refractivity contribution in [2.45, 2.75) is 46.1 Å². The van der Waals surface area contributed by atoms with Crippen LogP contribution in [0, 0.1) is 16.7 Å². The minimum atomic E-state index is -0.135. The standard InChI is InChI=1S/C12H20O/c1-11(2)8-10(13)12(3)7-5-4-6-9(11)12/h5,7,9-10,13H,4,6,8H2,1-3H3/t9-,10+,12-/m1/s1. The maximum Gasteiger partial charge on any atom is 0.0636 e. The number of allylic oxidation sites excluding steroid dienone is 1. The summed E-state index contributed by atoms with van der Waals surface area (Å²) in [5, 5.41) is 10.1. The van der Waals surface area contributed by atoms with E-state index in [4.69, 9.17) is 0 Å². The van der Waals surface area contributed by atoms with Gasteiger partial charge in [0.25, 0.3) is 0 Å². The fraction of sp³-hybridized carbons (Fsp3) is 0.833. The second-order valence-corrected chi connectivity index (χ2v) is 5.61. The zero-order valence-electron chi connectivity index (χ0n) is 8.88. The van der Waals surface area contributed by atoms with E-state index in [0.717, 1.165) is 6.42 Å². The van der Waals surface area contributed by atoms with Crippen molar-refractivity contribution in [3.63, 3.8) is 0 Å². The molecule has 0 amide bonds.